The zero-order chi connectivity index (χ0) is 38.8. The Balaban J connectivity index is 1.17. The molecule has 0 aromatic heterocycles. The minimum absolute atomic E-state index is 0.0626. The summed E-state index contributed by atoms with van der Waals surface area (Å²) in [5.41, 5.74) is 9.74. The molecule has 2 aliphatic rings. The molecule has 57 heavy (non-hydrogen) atoms. The van der Waals surface area contributed by atoms with Gasteiger partial charge in [-0.2, -0.15) is 0 Å². The van der Waals surface area contributed by atoms with E-state index in [0.717, 1.165) is 45.4 Å². The van der Waals surface area contributed by atoms with Gasteiger partial charge in [-0.15, -0.1) is 0 Å². The van der Waals surface area contributed by atoms with Gasteiger partial charge < -0.3 is 23.7 Å². The van der Waals surface area contributed by atoms with E-state index in [1.807, 2.05) is 109 Å². The molecule has 1 aliphatic carbocycles. The summed E-state index contributed by atoms with van der Waals surface area (Å²) in [4.78, 5) is 14.6. The molecule has 6 nitrogen and oxygen atoms in total. The number of ether oxygens (including phenoxy) is 5. The molecule has 1 saturated heterocycles. The van der Waals surface area contributed by atoms with Gasteiger partial charge in [-0.3, -0.25) is 4.79 Å². The number of carbonyl (C=O) groups is 1. The Morgan fingerprint density at radius 2 is 1.14 bits per heavy atom. The summed E-state index contributed by atoms with van der Waals surface area (Å²) in [5, 5.41) is 0. The molecule has 0 bridgehead atoms. The summed E-state index contributed by atoms with van der Waals surface area (Å²) >= 11 is 0. The van der Waals surface area contributed by atoms with Crippen LogP contribution in [0.15, 0.2) is 158 Å². The van der Waals surface area contributed by atoms with Crippen molar-refractivity contribution in [2.75, 3.05) is 6.61 Å². The summed E-state index contributed by atoms with van der Waals surface area (Å²) in [6, 6.07) is 53.4. The van der Waals surface area contributed by atoms with Crippen molar-refractivity contribution in [3.8, 4) is 5.75 Å². The van der Waals surface area contributed by atoms with Crippen molar-refractivity contribution in [1.29, 1.82) is 0 Å². The second-order valence-electron chi connectivity index (χ2n) is 15.2. The van der Waals surface area contributed by atoms with Gasteiger partial charge in [0.05, 0.1) is 26.4 Å². The summed E-state index contributed by atoms with van der Waals surface area (Å²) in [7, 11) is 0. The first-order chi connectivity index (χ1) is 28.1. The lowest BCUT2D eigenvalue weighted by atomic mass is 9.88. The molecule has 6 aromatic carbocycles. The number of benzene rings is 6. The topological polar surface area (TPSA) is 63.2 Å². The van der Waals surface area contributed by atoms with E-state index in [0.29, 0.717) is 24.9 Å². The fourth-order valence-corrected chi connectivity index (χ4v) is 7.50. The second kappa shape index (κ2) is 18.7. The van der Waals surface area contributed by atoms with Crippen LogP contribution in [-0.2, 0) is 56.6 Å². The van der Waals surface area contributed by atoms with Gasteiger partial charge in [0.1, 0.15) is 36.8 Å². The number of carbonyl (C=O) groups excluding carboxylic acids is 1. The highest BCUT2D eigenvalue weighted by Gasteiger charge is 2.48. The zero-order valence-corrected chi connectivity index (χ0v) is 32.5. The van der Waals surface area contributed by atoms with Crippen molar-refractivity contribution in [2.24, 2.45) is 0 Å². The largest absolute Gasteiger partial charge is 0.489 e. The van der Waals surface area contributed by atoms with Crippen LogP contribution in [0, 0.1) is 6.92 Å². The predicted molar refractivity (Wildman–Crippen MR) is 222 cm³/mol. The van der Waals surface area contributed by atoms with Crippen LogP contribution >= 0.6 is 0 Å². The predicted octanol–water partition coefficient (Wildman–Crippen LogP) is 10.4. The van der Waals surface area contributed by atoms with Gasteiger partial charge in [0.2, 0.25) is 0 Å². The maximum absolute atomic E-state index is 14.6. The minimum Gasteiger partial charge on any atom is -0.489 e. The molecule has 4 atom stereocenters. The minimum atomic E-state index is -0.945. The summed E-state index contributed by atoms with van der Waals surface area (Å²) in [5.74, 6) is 1.18. The van der Waals surface area contributed by atoms with Gasteiger partial charge in [0, 0.05) is 5.56 Å². The van der Waals surface area contributed by atoms with E-state index in [2.05, 4.69) is 55.5 Å². The Morgan fingerprint density at radius 1 is 0.596 bits per heavy atom. The van der Waals surface area contributed by atoms with Crippen LogP contribution in [0.1, 0.15) is 74.9 Å². The molecule has 0 radical (unpaired) electrons. The van der Waals surface area contributed by atoms with E-state index in [9.17, 15) is 4.79 Å². The van der Waals surface area contributed by atoms with Crippen LogP contribution in [0.4, 0.5) is 0 Å². The van der Waals surface area contributed by atoms with Crippen molar-refractivity contribution in [3.63, 3.8) is 0 Å². The van der Waals surface area contributed by atoms with E-state index in [1.165, 1.54) is 24.0 Å². The fraction of sp³-hybridized carbons (Fsp3) is 0.275. The Morgan fingerprint density at radius 3 is 1.72 bits per heavy atom. The third-order valence-corrected chi connectivity index (χ3v) is 10.9. The molecule has 8 rings (SSSR count). The van der Waals surface area contributed by atoms with Crippen molar-refractivity contribution in [3.05, 3.63) is 208 Å². The number of rotatable bonds is 17. The van der Waals surface area contributed by atoms with Gasteiger partial charge in [0.15, 0.2) is 5.78 Å². The molecule has 6 aromatic rings. The second-order valence-corrected chi connectivity index (χ2v) is 15.2. The number of hydrogen-bond acceptors (Lipinski definition) is 6. The normalized spacial score (nSPS) is 19.4. The summed E-state index contributed by atoms with van der Waals surface area (Å²) in [6.07, 6.45) is -0.0751. The Kier molecular flexibility index (Phi) is 12.6. The third-order valence-electron chi connectivity index (χ3n) is 10.9. The van der Waals surface area contributed by atoms with Crippen molar-refractivity contribution >= 4 is 5.78 Å². The van der Waals surface area contributed by atoms with Gasteiger partial charge in [-0.1, -0.05) is 146 Å². The summed E-state index contributed by atoms with van der Waals surface area (Å²) < 4.78 is 33.3. The Labute approximate surface area is 336 Å². The van der Waals surface area contributed by atoms with Crippen LogP contribution in [0.3, 0.4) is 0 Å². The first-order valence-electron chi connectivity index (χ1n) is 20.1. The van der Waals surface area contributed by atoms with Crippen molar-refractivity contribution < 1.29 is 28.5 Å². The number of hydrogen-bond donors (Lipinski definition) is 0. The van der Waals surface area contributed by atoms with Gasteiger partial charge in [-0.05, 0) is 88.7 Å². The van der Waals surface area contributed by atoms with E-state index in [1.54, 1.807) is 0 Å². The molecule has 0 unspecified atom stereocenters. The van der Waals surface area contributed by atoms with Crippen molar-refractivity contribution in [2.45, 2.75) is 82.9 Å². The monoisotopic (exact) mass is 758 g/mol. The Bertz CT molecular complexity index is 2170. The standard InChI is InChI=1S/C51H50O6/c1-36-28-46(54-32-39-16-8-3-9-17-39)45(30-44(36)29-37-22-24-42(25-23-37)43-26-27-43)49-51(56-34-41-20-12-5-13-21-41)50(55-33-40-18-10-4-11-19-40)48(52)47(57-49)35-53-31-38-14-6-2-7-15-38/h2-25,28,30,43,47,49-51H,26-27,29,31-35H2,1H3/t47-,49+,50+,51+/m1/s1. The number of aryl methyl sites for hydroxylation is 1. The lowest BCUT2D eigenvalue weighted by Crippen LogP contribution is -2.54. The molecule has 290 valence electrons. The average molecular weight is 759 g/mol. The molecule has 0 spiro atoms. The van der Waals surface area contributed by atoms with Gasteiger partial charge in [-0.25, -0.2) is 0 Å². The average Bonchev–Trinajstić information content (AvgIpc) is 4.11. The van der Waals surface area contributed by atoms with Crippen LogP contribution < -0.4 is 4.74 Å². The number of ketones is 1. The molecule has 1 aliphatic heterocycles. The smallest absolute Gasteiger partial charge is 0.195 e. The first-order valence-corrected chi connectivity index (χ1v) is 20.1. The quantitative estimate of drug-likeness (QED) is 0.0923. The maximum atomic E-state index is 14.6. The maximum Gasteiger partial charge on any atom is 0.195 e. The van der Waals surface area contributed by atoms with E-state index in [4.69, 9.17) is 23.7 Å². The molecule has 2 fully saturated rings. The lowest BCUT2D eigenvalue weighted by molar-refractivity contribution is -0.213. The Hall–Kier alpha value is -5.37. The summed E-state index contributed by atoms with van der Waals surface area (Å²) in [6.45, 7) is 3.42. The van der Waals surface area contributed by atoms with E-state index < -0.39 is 24.4 Å². The van der Waals surface area contributed by atoms with Gasteiger partial charge in [0.25, 0.3) is 0 Å². The van der Waals surface area contributed by atoms with Crippen LogP contribution in [0.5, 0.6) is 5.75 Å². The SMILES string of the molecule is Cc1cc(OCc2ccccc2)c([C@@H]2O[C@H](COCc3ccccc3)C(=O)[C@H](OCc3ccccc3)[C@H]2OCc2ccccc2)cc1Cc1ccc(C2CC2)cc1. The number of Topliss-reactive ketones (excluding diaryl/α,β-unsaturated/α-hetero) is 1. The molecule has 0 amide bonds. The van der Waals surface area contributed by atoms with Gasteiger partial charge >= 0.3 is 0 Å². The van der Waals surface area contributed by atoms with Crippen molar-refractivity contribution in [1.82, 2.24) is 0 Å². The van der Waals surface area contributed by atoms with E-state index >= 15 is 0 Å². The first kappa shape index (κ1) is 38.5. The molecule has 1 heterocycles. The molecule has 1 saturated carbocycles. The third kappa shape index (κ3) is 10.1. The molecule has 0 N–H and O–H groups in total. The van der Waals surface area contributed by atoms with E-state index in [-0.39, 0.29) is 25.6 Å². The molecular formula is C51H50O6. The highest BCUT2D eigenvalue weighted by molar-refractivity contribution is 5.89. The van der Waals surface area contributed by atoms with Crippen LogP contribution in [0.25, 0.3) is 0 Å². The molecule has 6 heteroatoms. The molecular weight excluding hydrogens is 709 g/mol. The van der Waals surface area contributed by atoms with Crippen LogP contribution in [0.2, 0.25) is 0 Å². The highest BCUT2D eigenvalue weighted by atomic mass is 16.6. The zero-order valence-electron chi connectivity index (χ0n) is 32.5. The fourth-order valence-electron chi connectivity index (χ4n) is 7.50. The van der Waals surface area contributed by atoms with Crippen LogP contribution in [-0.4, -0.2) is 30.7 Å². The lowest BCUT2D eigenvalue weighted by Gasteiger charge is -2.41. The highest BCUT2D eigenvalue weighted by Crippen LogP contribution is 2.42.